The van der Waals surface area contributed by atoms with E-state index in [2.05, 4.69) is 5.32 Å². The summed E-state index contributed by atoms with van der Waals surface area (Å²) in [6.07, 6.45) is 0.847. The maximum atomic E-state index is 10.3. The molecule has 1 unspecified atom stereocenters. The summed E-state index contributed by atoms with van der Waals surface area (Å²) in [5.41, 5.74) is 0. The van der Waals surface area contributed by atoms with Crippen molar-refractivity contribution in [2.24, 2.45) is 5.92 Å². The molecule has 1 rings (SSSR count). The lowest BCUT2D eigenvalue weighted by Gasteiger charge is -2.02. The highest BCUT2D eigenvalue weighted by Gasteiger charge is 2.19. The second-order valence-electron chi connectivity index (χ2n) is 2.61. The highest BCUT2D eigenvalue weighted by molar-refractivity contribution is 7.85. The minimum atomic E-state index is -3.75. The molecule has 1 atom stereocenters. The SMILES string of the molecule is O=S(=O)(O)CC1CCNC1. The largest absolute Gasteiger partial charge is 0.316 e. The normalized spacial score (nSPS) is 27.1. The van der Waals surface area contributed by atoms with E-state index < -0.39 is 10.1 Å². The Labute approximate surface area is 60.4 Å². The fraction of sp³-hybridized carbons (Fsp3) is 1.00. The Bertz CT molecular complexity index is 193. The van der Waals surface area contributed by atoms with Gasteiger partial charge < -0.3 is 5.32 Å². The van der Waals surface area contributed by atoms with Crippen LogP contribution in [0.3, 0.4) is 0 Å². The smallest absolute Gasteiger partial charge is 0.265 e. The molecule has 10 heavy (non-hydrogen) atoms. The molecule has 0 aromatic heterocycles. The molecule has 0 aliphatic carbocycles. The molecule has 0 spiro atoms. The third-order valence-electron chi connectivity index (χ3n) is 1.61. The van der Waals surface area contributed by atoms with Crippen LogP contribution in [0, 0.1) is 5.92 Å². The summed E-state index contributed by atoms with van der Waals surface area (Å²) in [4.78, 5) is 0. The summed E-state index contributed by atoms with van der Waals surface area (Å²) in [5.74, 6) is 0.00926. The van der Waals surface area contributed by atoms with Gasteiger partial charge in [0.1, 0.15) is 0 Å². The van der Waals surface area contributed by atoms with Gasteiger partial charge in [-0.1, -0.05) is 0 Å². The molecule has 1 heterocycles. The standard InChI is InChI=1S/C5H11NO3S/c7-10(8,9)4-5-1-2-6-3-5/h5-6H,1-4H2,(H,7,8,9). The van der Waals surface area contributed by atoms with Gasteiger partial charge in [-0.15, -0.1) is 0 Å². The molecule has 0 amide bonds. The summed E-state index contributed by atoms with van der Waals surface area (Å²) < 4.78 is 29.1. The molecule has 4 nitrogen and oxygen atoms in total. The molecule has 0 saturated carbocycles. The summed E-state index contributed by atoms with van der Waals surface area (Å²) in [7, 11) is -3.75. The van der Waals surface area contributed by atoms with E-state index in [4.69, 9.17) is 4.55 Å². The molecule has 1 aliphatic heterocycles. The van der Waals surface area contributed by atoms with Crippen molar-refractivity contribution < 1.29 is 13.0 Å². The lowest BCUT2D eigenvalue weighted by atomic mass is 10.2. The molecule has 0 radical (unpaired) electrons. The molecule has 2 N–H and O–H groups in total. The second kappa shape index (κ2) is 2.86. The van der Waals surface area contributed by atoms with E-state index in [9.17, 15) is 8.42 Å². The predicted octanol–water partition coefficient (Wildman–Crippen LogP) is -0.516. The average Bonchev–Trinajstić information content (AvgIpc) is 2.12. The van der Waals surface area contributed by atoms with E-state index >= 15 is 0 Å². The summed E-state index contributed by atoms with van der Waals surface area (Å²) >= 11 is 0. The van der Waals surface area contributed by atoms with Crippen molar-refractivity contribution in [2.45, 2.75) is 6.42 Å². The minimum Gasteiger partial charge on any atom is -0.316 e. The van der Waals surface area contributed by atoms with Crippen LogP contribution in [0.4, 0.5) is 0 Å². The van der Waals surface area contributed by atoms with Crippen molar-refractivity contribution in [1.82, 2.24) is 5.32 Å². The van der Waals surface area contributed by atoms with E-state index in [0.29, 0.717) is 6.54 Å². The van der Waals surface area contributed by atoms with Crippen LogP contribution in [-0.4, -0.2) is 31.8 Å². The Hall–Kier alpha value is -0.130. The van der Waals surface area contributed by atoms with Crippen molar-refractivity contribution in [1.29, 1.82) is 0 Å². The molecule has 0 aromatic carbocycles. The van der Waals surface area contributed by atoms with Crippen LogP contribution >= 0.6 is 0 Å². The van der Waals surface area contributed by atoms with Gasteiger partial charge in [-0.3, -0.25) is 4.55 Å². The first-order valence-corrected chi connectivity index (χ1v) is 4.85. The van der Waals surface area contributed by atoms with E-state index in [-0.39, 0.29) is 11.7 Å². The topological polar surface area (TPSA) is 66.4 Å². The monoisotopic (exact) mass is 165 g/mol. The lowest BCUT2D eigenvalue weighted by molar-refractivity contribution is 0.469. The van der Waals surface area contributed by atoms with Gasteiger partial charge in [0.25, 0.3) is 10.1 Å². The molecule has 0 aromatic rings. The number of nitrogens with one attached hydrogen (secondary N) is 1. The summed E-state index contributed by atoms with van der Waals surface area (Å²) in [5, 5.41) is 3.02. The number of hydrogen-bond acceptors (Lipinski definition) is 3. The van der Waals surface area contributed by atoms with Crippen LogP contribution < -0.4 is 5.32 Å². The molecule has 5 heteroatoms. The van der Waals surface area contributed by atoms with Crippen LogP contribution in [0.25, 0.3) is 0 Å². The Morgan fingerprint density at radius 3 is 2.70 bits per heavy atom. The van der Waals surface area contributed by atoms with Crippen LogP contribution in [0.15, 0.2) is 0 Å². The first-order chi connectivity index (χ1) is 4.58. The molecule has 0 bridgehead atoms. The zero-order valence-electron chi connectivity index (χ0n) is 5.58. The fourth-order valence-electron chi connectivity index (χ4n) is 1.15. The lowest BCUT2D eigenvalue weighted by Crippen LogP contribution is -2.17. The van der Waals surface area contributed by atoms with Crippen LogP contribution in [0.5, 0.6) is 0 Å². The van der Waals surface area contributed by atoms with Crippen LogP contribution in [-0.2, 0) is 10.1 Å². The van der Waals surface area contributed by atoms with Gasteiger partial charge in [0.15, 0.2) is 0 Å². The number of rotatable bonds is 2. The maximum absolute atomic E-state index is 10.3. The Balaban J connectivity index is 2.38. The van der Waals surface area contributed by atoms with Gasteiger partial charge in [-0.05, 0) is 25.4 Å². The first kappa shape index (κ1) is 7.97. The Morgan fingerprint density at radius 2 is 2.30 bits per heavy atom. The van der Waals surface area contributed by atoms with Crippen molar-refractivity contribution in [3.63, 3.8) is 0 Å². The Morgan fingerprint density at radius 1 is 1.60 bits per heavy atom. The zero-order chi connectivity index (χ0) is 7.61. The third kappa shape index (κ3) is 2.64. The van der Waals surface area contributed by atoms with Gasteiger partial charge in [0.05, 0.1) is 5.75 Å². The highest BCUT2D eigenvalue weighted by Crippen LogP contribution is 2.08. The quantitative estimate of drug-likeness (QED) is 0.540. The van der Waals surface area contributed by atoms with Crippen molar-refractivity contribution in [3.05, 3.63) is 0 Å². The summed E-state index contributed by atoms with van der Waals surface area (Å²) in [6, 6.07) is 0. The first-order valence-electron chi connectivity index (χ1n) is 3.24. The molecular weight excluding hydrogens is 154 g/mol. The Kier molecular flexibility index (Phi) is 2.28. The van der Waals surface area contributed by atoms with Crippen molar-refractivity contribution in [3.8, 4) is 0 Å². The van der Waals surface area contributed by atoms with E-state index in [1.54, 1.807) is 0 Å². The molecule has 60 valence electrons. The fourth-order valence-corrected chi connectivity index (χ4v) is 2.03. The van der Waals surface area contributed by atoms with Crippen molar-refractivity contribution in [2.75, 3.05) is 18.8 Å². The third-order valence-corrected chi connectivity index (χ3v) is 2.50. The number of hydrogen-bond donors (Lipinski definition) is 2. The molecular formula is C5H11NO3S. The minimum absolute atomic E-state index is 0.0972. The van der Waals surface area contributed by atoms with Crippen molar-refractivity contribution >= 4 is 10.1 Å². The molecule has 1 saturated heterocycles. The second-order valence-corrected chi connectivity index (χ2v) is 4.10. The molecule has 1 aliphatic rings. The predicted molar refractivity (Wildman–Crippen MR) is 37.4 cm³/mol. The van der Waals surface area contributed by atoms with Gasteiger partial charge in [0, 0.05) is 0 Å². The zero-order valence-corrected chi connectivity index (χ0v) is 6.39. The average molecular weight is 165 g/mol. The van der Waals surface area contributed by atoms with Crippen LogP contribution in [0.1, 0.15) is 6.42 Å². The van der Waals surface area contributed by atoms with Crippen LogP contribution in [0.2, 0.25) is 0 Å². The van der Waals surface area contributed by atoms with Gasteiger partial charge in [-0.2, -0.15) is 8.42 Å². The van der Waals surface area contributed by atoms with Gasteiger partial charge in [-0.25, -0.2) is 0 Å². The van der Waals surface area contributed by atoms with Gasteiger partial charge >= 0.3 is 0 Å². The maximum Gasteiger partial charge on any atom is 0.265 e. The van der Waals surface area contributed by atoms with E-state index in [1.165, 1.54) is 0 Å². The summed E-state index contributed by atoms with van der Waals surface area (Å²) in [6.45, 7) is 1.57. The highest BCUT2D eigenvalue weighted by atomic mass is 32.2. The molecule has 1 fully saturated rings. The van der Waals surface area contributed by atoms with E-state index in [0.717, 1.165) is 13.0 Å². The van der Waals surface area contributed by atoms with Gasteiger partial charge in [0.2, 0.25) is 0 Å². The van der Waals surface area contributed by atoms with E-state index in [1.807, 2.05) is 0 Å².